The molecule has 0 saturated heterocycles. The molecule has 4 heteroatoms. The number of rotatable bonds is 4. The van der Waals surface area contributed by atoms with Crippen molar-refractivity contribution >= 4 is 11.6 Å². The number of nitrogens with two attached hydrogens (primary N) is 1. The van der Waals surface area contributed by atoms with Crippen LogP contribution in [0, 0.1) is 0 Å². The zero-order valence-electron chi connectivity index (χ0n) is 9.82. The lowest BCUT2D eigenvalue weighted by atomic mass is 10.2. The SMILES string of the molecule is Nc1ccc(OCC(=O)NC2CCCC2)cc1. The van der Waals surface area contributed by atoms with Crippen molar-refractivity contribution in [1.29, 1.82) is 0 Å². The van der Waals surface area contributed by atoms with Crippen LogP contribution < -0.4 is 15.8 Å². The number of ether oxygens (including phenoxy) is 1. The van der Waals surface area contributed by atoms with Crippen molar-refractivity contribution in [3.8, 4) is 5.75 Å². The average Bonchev–Trinajstić information content (AvgIpc) is 2.81. The molecule has 0 aliphatic heterocycles. The number of hydrogen-bond donors (Lipinski definition) is 2. The van der Waals surface area contributed by atoms with Gasteiger partial charge in [0.15, 0.2) is 6.61 Å². The van der Waals surface area contributed by atoms with E-state index < -0.39 is 0 Å². The molecule has 0 atom stereocenters. The topological polar surface area (TPSA) is 64.3 Å². The molecule has 4 nitrogen and oxygen atoms in total. The summed E-state index contributed by atoms with van der Waals surface area (Å²) in [6.07, 6.45) is 4.61. The maximum Gasteiger partial charge on any atom is 0.258 e. The van der Waals surface area contributed by atoms with E-state index in [0.29, 0.717) is 17.5 Å². The highest BCUT2D eigenvalue weighted by atomic mass is 16.5. The van der Waals surface area contributed by atoms with Crippen LogP contribution in [0.5, 0.6) is 5.75 Å². The number of benzene rings is 1. The van der Waals surface area contributed by atoms with Gasteiger partial charge in [-0.05, 0) is 37.1 Å². The third-order valence-electron chi connectivity index (χ3n) is 2.97. The fraction of sp³-hybridized carbons (Fsp3) is 0.462. The Kier molecular flexibility index (Phi) is 3.85. The molecular formula is C13H18N2O2. The molecular weight excluding hydrogens is 216 g/mol. The van der Waals surface area contributed by atoms with Gasteiger partial charge in [0.2, 0.25) is 0 Å². The molecule has 17 heavy (non-hydrogen) atoms. The molecule has 1 aliphatic rings. The minimum Gasteiger partial charge on any atom is -0.484 e. The molecule has 0 radical (unpaired) electrons. The largest absolute Gasteiger partial charge is 0.484 e. The standard InChI is InChI=1S/C13H18N2O2/c14-10-5-7-12(8-6-10)17-9-13(16)15-11-3-1-2-4-11/h5-8,11H,1-4,9,14H2,(H,15,16). The summed E-state index contributed by atoms with van der Waals surface area (Å²) in [6.45, 7) is 0.0699. The van der Waals surface area contributed by atoms with Gasteiger partial charge in [0.05, 0.1) is 0 Å². The van der Waals surface area contributed by atoms with Gasteiger partial charge in [-0.25, -0.2) is 0 Å². The summed E-state index contributed by atoms with van der Waals surface area (Å²) in [5.74, 6) is 0.620. The average molecular weight is 234 g/mol. The Hall–Kier alpha value is -1.71. The fourth-order valence-electron chi connectivity index (χ4n) is 2.05. The second-order valence-corrected chi connectivity index (χ2v) is 4.41. The predicted octanol–water partition coefficient (Wildman–Crippen LogP) is 1.71. The van der Waals surface area contributed by atoms with Crippen LogP contribution in [-0.2, 0) is 4.79 Å². The first kappa shape index (κ1) is 11.8. The molecule has 0 heterocycles. The number of carbonyl (C=O) groups excluding carboxylic acids is 1. The van der Waals surface area contributed by atoms with E-state index in [4.69, 9.17) is 10.5 Å². The van der Waals surface area contributed by atoms with Gasteiger partial charge in [-0.2, -0.15) is 0 Å². The molecule has 1 fully saturated rings. The van der Waals surface area contributed by atoms with Gasteiger partial charge in [-0.3, -0.25) is 4.79 Å². The number of anilines is 1. The van der Waals surface area contributed by atoms with E-state index in [1.165, 1.54) is 12.8 Å². The van der Waals surface area contributed by atoms with Crippen LogP contribution in [0.4, 0.5) is 5.69 Å². The second kappa shape index (κ2) is 5.57. The van der Waals surface area contributed by atoms with Crippen molar-refractivity contribution in [1.82, 2.24) is 5.32 Å². The first-order valence-electron chi connectivity index (χ1n) is 6.02. The van der Waals surface area contributed by atoms with Crippen molar-refractivity contribution in [2.75, 3.05) is 12.3 Å². The predicted molar refractivity (Wildman–Crippen MR) is 66.7 cm³/mol. The Balaban J connectivity index is 1.73. The van der Waals surface area contributed by atoms with Gasteiger partial charge in [0, 0.05) is 11.7 Å². The van der Waals surface area contributed by atoms with E-state index in [-0.39, 0.29) is 12.5 Å². The highest BCUT2D eigenvalue weighted by Crippen LogP contribution is 2.17. The van der Waals surface area contributed by atoms with Crippen LogP contribution in [0.2, 0.25) is 0 Å². The third-order valence-corrected chi connectivity index (χ3v) is 2.97. The summed E-state index contributed by atoms with van der Waals surface area (Å²) >= 11 is 0. The first-order chi connectivity index (χ1) is 8.24. The van der Waals surface area contributed by atoms with E-state index >= 15 is 0 Å². The molecule has 1 aromatic rings. The molecule has 1 saturated carbocycles. The first-order valence-corrected chi connectivity index (χ1v) is 6.02. The Labute approximate surface area is 101 Å². The molecule has 1 aliphatic carbocycles. The van der Waals surface area contributed by atoms with Crippen molar-refractivity contribution in [2.45, 2.75) is 31.7 Å². The van der Waals surface area contributed by atoms with Crippen molar-refractivity contribution in [3.05, 3.63) is 24.3 Å². The monoisotopic (exact) mass is 234 g/mol. The summed E-state index contributed by atoms with van der Waals surface area (Å²) in [5, 5.41) is 2.97. The highest BCUT2D eigenvalue weighted by Gasteiger charge is 2.16. The van der Waals surface area contributed by atoms with Crippen LogP contribution in [0.15, 0.2) is 24.3 Å². The lowest BCUT2D eigenvalue weighted by Gasteiger charge is -2.12. The van der Waals surface area contributed by atoms with Gasteiger partial charge in [0.25, 0.3) is 5.91 Å². The van der Waals surface area contributed by atoms with Gasteiger partial charge in [0.1, 0.15) is 5.75 Å². The fourth-order valence-corrected chi connectivity index (χ4v) is 2.05. The molecule has 0 bridgehead atoms. The maximum atomic E-state index is 11.6. The Morgan fingerprint density at radius 1 is 1.29 bits per heavy atom. The number of nitrogen functional groups attached to an aromatic ring is 1. The lowest BCUT2D eigenvalue weighted by molar-refractivity contribution is -0.123. The Morgan fingerprint density at radius 2 is 1.94 bits per heavy atom. The van der Waals surface area contributed by atoms with Crippen molar-refractivity contribution in [2.24, 2.45) is 0 Å². The van der Waals surface area contributed by atoms with Crippen molar-refractivity contribution < 1.29 is 9.53 Å². The van der Waals surface area contributed by atoms with Crippen LogP contribution in [0.25, 0.3) is 0 Å². The highest BCUT2D eigenvalue weighted by molar-refractivity contribution is 5.77. The third kappa shape index (κ3) is 3.66. The molecule has 92 valence electrons. The summed E-state index contributed by atoms with van der Waals surface area (Å²) < 4.78 is 5.37. The van der Waals surface area contributed by atoms with E-state index in [1.54, 1.807) is 24.3 Å². The molecule has 0 unspecified atom stereocenters. The van der Waals surface area contributed by atoms with E-state index in [1.807, 2.05) is 0 Å². The molecule has 1 amide bonds. The summed E-state index contributed by atoms with van der Waals surface area (Å²) in [5.41, 5.74) is 6.24. The Bertz CT molecular complexity index is 370. The van der Waals surface area contributed by atoms with Crippen LogP contribution in [-0.4, -0.2) is 18.6 Å². The van der Waals surface area contributed by atoms with E-state index in [2.05, 4.69) is 5.32 Å². The number of amides is 1. The maximum absolute atomic E-state index is 11.6. The van der Waals surface area contributed by atoms with E-state index in [9.17, 15) is 4.79 Å². The van der Waals surface area contributed by atoms with Gasteiger partial charge in [-0.15, -0.1) is 0 Å². The van der Waals surface area contributed by atoms with Crippen molar-refractivity contribution in [3.63, 3.8) is 0 Å². The summed E-state index contributed by atoms with van der Waals surface area (Å²) in [7, 11) is 0. The minimum atomic E-state index is -0.0475. The minimum absolute atomic E-state index is 0.0475. The molecule has 0 spiro atoms. The Morgan fingerprint density at radius 3 is 2.59 bits per heavy atom. The molecule has 3 N–H and O–H groups in total. The van der Waals surface area contributed by atoms with E-state index in [0.717, 1.165) is 12.8 Å². The van der Waals surface area contributed by atoms with Gasteiger partial charge >= 0.3 is 0 Å². The van der Waals surface area contributed by atoms with Gasteiger partial charge in [-0.1, -0.05) is 12.8 Å². The summed E-state index contributed by atoms with van der Waals surface area (Å²) in [6, 6.07) is 7.38. The van der Waals surface area contributed by atoms with Crippen LogP contribution in [0.3, 0.4) is 0 Å². The van der Waals surface area contributed by atoms with Crippen LogP contribution >= 0.6 is 0 Å². The molecule has 0 aromatic heterocycles. The lowest BCUT2D eigenvalue weighted by Crippen LogP contribution is -2.36. The molecule has 1 aromatic carbocycles. The zero-order valence-corrected chi connectivity index (χ0v) is 9.82. The zero-order chi connectivity index (χ0) is 12.1. The number of carbonyl (C=O) groups is 1. The number of hydrogen-bond acceptors (Lipinski definition) is 3. The van der Waals surface area contributed by atoms with Gasteiger partial charge < -0.3 is 15.8 Å². The summed E-state index contributed by atoms with van der Waals surface area (Å²) in [4.78, 5) is 11.6. The van der Waals surface area contributed by atoms with Crippen LogP contribution in [0.1, 0.15) is 25.7 Å². The molecule has 2 rings (SSSR count). The second-order valence-electron chi connectivity index (χ2n) is 4.41. The number of nitrogens with one attached hydrogen (secondary N) is 1. The quantitative estimate of drug-likeness (QED) is 0.779. The normalized spacial score (nSPS) is 15.8. The smallest absolute Gasteiger partial charge is 0.258 e.